The molecule has 0 unspecified atom stereocenters. The molecule has 1 aliphatic rings. The summed E-state index contributed by atoms with van der Waals surface area (Å²) >= 11 is 9.47. The van der Waals surface area contributed by atoms with E-state index in [1.165, 1.54) is 17.7 Å². The molecule has 2 bridgehead atoms. The fourth-order valence-electron chi connectivity index (χ4n) is 2.78. The van der Waals surface area contributed by atoms with Crippen molar-refractivity contribution in [2.45, 2.75) is 13.8 Å². The second kappa shape index (κ2) is 13.2. The number of aromatic nitrogens is 1. The molecule has 0 radical (unpaired) electrons. The monoisotopic (exact) mass is 683 g/mol. The molecule has 36 heavy (non-hydrogen) atoms. The number of rotatable bonds is 2. The number of hydrogen-bond donors (Lipinski definition) is 2. The predicted octanol–water partition coefficient (Wildman–Crippen LogP) is 7.48. The quantitative estimate of drug-likeness (QED) is 0.274. The van der Waals surface area contributed by atoms with Gasteiger partial charge in [-0.05, 0) is 0 Å². The van der Waals surface area contributed by atoms with Crippen molar-refractivity contribution in [3.63, 3.8) is 0 Å². The fourth-order valence-corrected chi connectivity index (χ4v) is 14.1. The summed E-state index contributed by atoms with van der Waals surface area (Å²) in [6.07, 6.45) is 0. The minimum atomic E-state index is -2.59. The molecule has 0 saturated heterocycles. The van der Waals surface area contributed by atoms with Crippen molar-refractivity contribution in [3.05, 3.63) is 88.2 Å². The van der Waals surface area contributed by atoms with E-state index in [4.69, 9.17) is 32.0 Å². The third-order valence-electron chi connectivity index (χ3n) is 4.58. The minimum absolute atomic E-state index is 0.570. The maximum absolute atomic E-state index is 6.91. The molecule has 0 saturated carbocycles. The van der Waals surface area contributed by atoms with Crippen LogP contribution >= 0.6 is 49.7 Å². The molecule has 7 nitrogen and oxygen atoms in total. The van der Waals surface area contributed by atoms with E-state index in [1.54, 1.807) is 24.3 Å². The van der Waals surface area contributed by atoms with Gasteiger partial charge in [-0.1, -0.05) is 0 Å². The van der Waals surface area contributed by atoms with E-state index in [9.17, 15) is 0 Å². The van der Waals surface area contributed by atoms with Gasteiger partial charge < -0.3 is 0 Å². The zero-order valence-electron chi connectivity index (χ0n) is 19.0. The summed E-state index contributed by atoms with van der Waals surface area (Å²) in [6.45, 7) is 3.72. The van der Waals surface area contributed by atoms with Crippen LogP contribution in [0.5, 0.6) is 0 Å². The SMILES string of the molecule is C/C1=N\N=C(\Nc2ccc(Cl)cc2)[S][Sb]([Cl])[S]/C(Nc2ccc(Cl)cc2)=N\N=C(/C)c2cccc1n2. The van der Waals surface area contributed by atoms with Crippen LogP contribution in [0, 0.1) is 0 Å². The molecule has 184 valence electrons. The van der Waals surface area contributed by atoms with Crippen molar-refractivity contribution in [2.75, 3.05) is 10.6 Å². The van der Waals surface area contributed by atoms with E-state index in [2.05, 4.69) is 36.0 Å². The van der Waals surface area contributed by atoms with Crippen molar-refractivity contribution >= 4 is 99.1 Å². The maximum atomic E-state index is 6.91. The van der Waals surface area contributed by atoms with Gasteiger partial charge in [0, 0.05) is 0 Å². The Balaban J connectivity index is 1.70. The Kier molecular flexibility index (Phi) is 9.99. The molecule has 1 aliphatic heterocycles. The number of nitrogens with one attached hydrogen (secondary N) is 2. The van der Waals surface area contributed by atoms with Gasteiger partial charge in [-0.15, -0.1) is 0 Å². The molecular weight excluding hydrogens is 667 g/mol. The molecule has 2 heterocycles. The number of hydrogen-bond acceptors (Lipinski definition) is 9. The van der Waals surface area contributed by atoms with E-state index in [0.29, 0.717) is 43.2 Å². The summed E-state index contributed by atoms with van der Waals surface area (Å²) in [5, 5.41) is 26.8. The van der Waals surface area contributed by atoms with Gasteiger partial charge in [0.1, 0.15) is 0 Å². The van der Waals surface area contributed by atoms with Crippen LogP contribution in [0.25, 0.3) is 0 Å². The van der Waals surface area contributed by atoms with Crippen LogP contribution in [0.1, 0.15) is 25.2 Å². The van der Waals surface area contributed by atoms with E-state index >= 15 is 0 Å². The average Bonchev–Trinajstić information content (AvgIpc) is 2.87. The van der Waals surface area contributed by atoms with Crippen LogP contribution in [0.15, 0.2) is 87.1 Å². The van der Waals surface area contributed by atoms with Gasteiger partial charge >= 0.3 is 237 Å². The van der Waals surface area contributed by atoms with E-state index < -0.39 is 16.3 Å². The van der Waals surface area contributed by atoms with Gasteiger partial charge in [0.15, 0.2) is 0 Å². The number of amidine groups is 2. The van der Waals surface area contributed by atoms with Crippen LogP contribution in [-0.2, 0) is 0 Å². The first-order valence-electron chi connectivity index (χ1n) is 10.4. The van der Waals surface area contributed by atoms with Crippen LogP contribution < -0.4 is 10.6 Å². The Labute approximate surface area is 235 Å². The molecule has 1 aromatic heterocycles. The Morgan fingerprint density at radius 1 is 0.639 bits per heavy atom. The summed E-state index contributed by atoms with van der Waals surface area (Å²) in [5.41, 5.74) is 4.36. The normalized spacial score (nSPS) is 20.9. The number of nitrogens with zero attached hydrogens (tertiary/aromatic N) is 5. The van der Waals surface area contributed by atoms with Crippen LogP contribution in [-0.4, -0.2) is 43.0 Å². The molecule has 0 fully saturated rings. The van der Waals surface area contributed by atoms with Crippen molar-refractivity contribution in [3.8, 4) is 0 Å². The number of benzene rings is 2. The fraction of sp³-hybridized carbons (Fsp3) is 0.0870. The zero-order valence-corrected chi connectivity index (χ0v) is 25.4. The number of anilines is 2. The predicted molar refractivity (Wildman–Crippen MR) is 160 cm³/mol. The van der Waals surface area contributed by atoms with Gasteiger partial charge in [0.2, 0.25) is 0 Å². The molecule has 0 amide bonds. The zero-order chi connectivity index (χ0) is 25.5. The molecule has 2 aromatic carbocycles. The van der Waals surface area contributed by atoms with Crippen molar-refractivity contribution in [2.24, 2.45) is 20.4 Å². The number of pyridine rings is 1. The first kappa shape index (κ1) is 27.3. The molecule has 13 heteroatoms. The van der Waals surface area contributed by atoms with E-state index in [-0.39, 0.29) is 0 Å². The topological polar surface area (TPSA) is 86.4 Å². The number of fused-ring (bicyclic) bond motifs is 2. The van der Waals surface area contributed by atoms with Gasteiger partial charge in [0.25, 0.3) is 0 Å². The summed E-state index contributed by atoms with van der Waals surface area (Å²) in [5.74, 6) is 0. The summed E-state index contributed by atoms with van der Waals surface area (Å²) in [7, 11) is 9.84. The van der Waals surface area contributed by atoms with E-state index in [1.807, 2.05) is 56.3 Å². The standard InChI is InChI=1S/C23H21Cl2N7S2.ClH.Sb/c1-14(29-31-22(33)26-18-10-6-16(24)7-11-18)20-4-3-5-21(28-20)15(2)30-32-23(34)27-19-12-8-17(25)9-13-19;;/h3-13H,1-2H3,(H2,26,31,33)(H2,27,32,34);1H;/q;;+3/p-3/b29-14+,30-15+;;. The van der Waals surface area contributed by atoms with Crippen molar-refractivity contribution in [1.82, 2.24) is 4.98 Å². The Morgan fingerprint density at radius 2 is 1.06 bits per heavy atom. The Hall–Kier alpha value is -1.74. The van der Waals surface area contributed by atoms with Gasteiger partial charge in [0.05, 0.1) is 0 Å². The third-order valence-corrected chi connectivity index (χ3v) is 17.3. The molecule has 0 aliphatic carbocycles. The van der Waals surface area contributed by atoms with Crippen LogP contribution in [0.2, 0.25) is 10.0 Å². The first-order chi connectivity index (χ1) is 17.4. The van der Waals surface area contributed by atoms with E-state index in [0.717, 1.165) is 11.4 Å². The van der Waals surface area contributed by atoms with Crippen molar-refractivity contribution in [1.29, 1.82) is 0 Å². The average molecular weight is 686 g/mol. The van der Waals surface area contributed by atoms with Gasteiger partial charge in [-0.3, -0.25) is 0 Å². The second-order valence-corrected chi connectivity index (χ2v) is 25.0. The van der Waals surface area contributed by atoms with Gasteiger partial charge in [-0.25, -0.2) is 0 Å². The third kappa shape index (κ3) is 8.13. The van der Waals surface area contributed by atoms with Crippen LogP contribution in [0.4, 0.5) is 11.4 Å². The van der Waals surface area contributed by atoms with Crippen molar-refractivity contribution < 1.29 is 0 Å². The van der Waals surface area contributed by atoms with Crippen LogP contribution in [0.3, 0.4) is 0 Å². The Morgan fingerprint density at radius 3 is 1.47 bits per heavy atom. The summed E-state index contributed by atoms with van der Waals surface area (Å²) in [6, 6.07) is 20.4. The summed E-state index contributed by atoms with van der Waals surface area (Å²) in [4.78, 5) is 4.68. The molecule has 4 rings (SSSR count). The Bertz CT molecular complexity index is 1250. The second-order valence-electron chi connectivity index (χ2n) is 7.25. The molecule has 2 N–H and O–H groups in total. The number of halogens is 3. The first-order valence-corrected chi connectivity index (χ1v) is 22.2. The molecule has 0 atom stereocenters. The molecular formula is C23H19Cl3N7S2Sb. The molecule has 0 spiro atoms. The van der Waals surface area contributed by atoms with Gasteiger partial charge in [-0.2, -0.15) is 0 Å². The summed E-state index contributed by atoms with van der Waals surface area (Å²) < 4.78 is 0. The molecule has 3 aromatic rings.